The molecule has 14 heavy (non-hydrogen) atoms. The van der Waals surface area contributed by atoms with Gasteiger partial charge >= 0.3 is 0 Å². The molecule has 0 bridgehead atoms. The van der Waals surface area contributed by atoms with Crippen molar-refractivity contribution in [2.24, 2.45) is 22.7 Å². The molecule has 1 aliphatic heterocycles. The summed E-state index contributed by atoms with van der Waals surface area (Å²) in [5.41, 5.74) is 0. The van der Waals surface area contributed by atoms with Gasteiger partial charge in [-0.15, -0.1) is 0 Å². The van der Waals surface area contributed by atoms with Gasteiger partial charge in [0.15, 0.2) is 0 Å². The molecule has 2 heteroatoms. The Kier molecular flexibility index (Phi) is 2.22. The van der Waals surface area contributed by atoms with Gasteiger partial charge in [0, 0.05) is 19.5 Å². The number of fused-ring (bicyclic) bond motifs is 1. The second kappa shape index (κ2) is 3.56. The maximum absolute atomic E-state index is 4.46. The summed E-state index contributed by atoms with van der Waals surface area (Å²) < 4.78 is 0. The zero-order valence-corrected chi connectivity index (χ0v) is 8.84. The third-order valence-electron chi connectivity index (χ3n) is 4.18. The maximum Gasteiger partial charge on any atom is 0.0963 e. The fourth-order valence-electron chi connectivity index (χ4n) is 3.22. The van der Waals surface area contributed by atoms with Gasteiger partial charge in [-0.3, -0.25) is 4.99 Å². The van der Waals surface area contributed by atoms with Crippen molar-refractivity contribution in [1.82, 2.24) is 5.32 Å². The van der Waals surface area contributed by atoms with E-state index in [1.165, 1.54) is 50.9 Å². The van der Waals surface area contributed by atoms with E-state index in [0.29, 0.717) is 0 Å². The summed E-state index contributed by atoms with van der Waals surface area (Å²) in [4.78, 5) is 4.46. The molecular formula is C12H20N2. The third kappa shape index (κ3) is 1.67. The largest absolute Gasteiger partial charge is 0.374 e. The highest BCUT2D eigenvalue weighted by Crippen LogP contribution is 2.52. The van der Waals surface area contributed by atoms with Gasteiger partial charge in [0.05, 0.1) is 5.84 Å². The van der Waals surface area contributed by atoms with Gasteiger partial charge in [-0.2, -0.15) is 0 Å². The van der Waals surface area contributed by atoms with E-state index >= 15 is 0 Å². The van der Waals surface area contributed by atoms with Crippen LogP contribution < -0.4 is 5.32 Å². The molecule has 78 valence electrons. The van der Waals surface area contributed by atoms with Crippen LogP contribution in [0.3, 0.4) is 0 Å². The summed E-state index contributed by atoms with van der Waals surface area (Å²) in [6, 6.07) is 0. The highest BCUT2D eigenvalue weighted by Gasteiger charge is 2.44. The molecule has 3 aliphatic rings. The number of nitrogens with zero attached hydrogens (tertiary/aromatic N) is 1. The maximum atomic E-state index is 4.46. The molecule has 3 unspecified atom stereocenters. The van der Waals surface area contributed by atoms with Crippen LogP contribution in [0.5, 0.6) is 0 Å². The summed E-state index contributed by atoms with van der Waals surface area (Å²) in [5.74, 6) is 4.45. The van der Waals surface area contributed by atoms with Crippen LogP contribution in [-0.2, 0) is 0 Å². The van der Waals surface area contributed by atoms with Crippen molar-refractivity contribution < 1.29 is 0 Å². The Labute approximate surface area is 86.2 Å². The molecule has 2 nitrogen and oxygen atoms in total. The number of amidine groups is 1. The molecular weight excluding hydrogens is 172 g/mol. The minimum Gasteiger partial charge on any atom is -0.374 e. The highest BCUT2D eigenvalue weighted by atomic mass is 15.0. The van der Waals surface area contributed by atoms with Crippen LogP contribution in [-0.4, -0.2) is 18.9 Å². The minimum atomic E-state index is 0.969. The van der Waals surface area contributed by atoms with E-state index in [0.717, 1.165) is 24.3 Å². The summed E-state index contributed by atoms with van der Waals surface area (Å²) in [6.45, 7) is 2.26. The lowest BCUT2D eigenvalue weighted by Gasteiger charge is -2.22. The topological polar surface area (TPSA) is 24.4 Å². The van der Waals surface area contributed by atoms with Crippen molar-refractivity contribution in [3.63, 3.8) is 0 Å². The third-order valence-corrected chi connectivity index (χ3v) is 4.18. The van der Waals surface area contributed by atoms with Crippen LogP contribution in [0.4, 0.5) is 0 Å². The second-order valence-corrected chi connectivity index (χ2v) is 5.16. The summed E-state index contributed by atoms with van der Waals surface area (Å²) >= 11 is 0. The van der Waals surface area contributed by atoms with Crippen LogP contribution in [0.15, 0.2) is 4.99 Å². The summed E-state index contributed by atoms with van der Waals surface area (Å²) in [5, 5.41) is 3.56. The minimum absolute atomic E-state index is 0.969. The van der Waals surface area contributed by atoms with Crippen LogP contribution in [0.25, 0.3) is 0 Å². The number of nitrogens with one attached hydrogen (secondary N) is 1. The standard InChI is InChI=1S/C12H20N2/c1-3-9-7-11(9)10(4-1)8-14-12-5-2-6-13-12/h9-11H,1-8H2,(H,13,14). The Balaban J connectivity index is 1.47. The van der Waals surface area contributed by atoms with E-state index in [2.05, 4.69) is 10.3 Å². The Hall–Kier alpha value is -0.530. The van der Waals surface area contributed by atoms with E-state index < -0.39 is 0 Å². The monoisotopic (exact) mass is 192 g/mol. The summed E-state index contributed by atoms with van der Waals surface area (Å²) in [6.07, 6.45) is 8.43. The Morgan fingerprint density at radius 2 is 2.29 bits per heavy atom. The molecule has 2 saturated carbocycles. The molecule has 2 fully saturated rings. The van der Waals surface area contributed by atoms with Crippen molar-refractivity contribution in [2.75, 3.05) is 13.1 Å². The second-order valence-electron chi connectivity index (χ2n) is 5.16. The van der Waals surface area contributed by atoms with E-state index in [9.17, 15) is 0 Å². The molecule has 2 aliphatic carbocycles. The van der Waals surface area contributed by atoms with Gasteiger partial charge in [0.25, 0.3) is 0 Å². The van der Waals surface area contributed by atoms with Gasteiger partial charge in [0.1, 0.15) is 0 Å². The van der Waals surface area contributed by atoms with Gasteiger partial charge in [-0.1, -0.05) is 12.8 Å². The lowest BCUT2D eigenvalue weighted by molar-refractivity contribution is 0.334. The van der Waals surface area contributed by atoms with Crippen molar-refractivity contribution in [3.05, 3.63) is 0 Å². The lowest BCUT2D eigenvalue weighted by atomic mass is 9.89. The van der Waals surface area contributed by atoms with Crippen LogP contribution in [0.2, 0.25) is 0 Å². The van der Waals surface area contributed by atoms with Gasteiger partial charge in [-0.25, -0.2) is 0 Å². The van der Waals surface area contributed by atoms with Crippen molar-refractivity contribution in [1.29, 1.82) is 0 Å². The molecule has 3 atom stereocenters. The van der Waals surface area contributed by atoms with Crippen LogP contribution in [0.1, 0.15) is 38.5 Å². The van der Waals surface area contributed by atoms with Crippen molar-refractivity contribution in [2.45, 2.75) is 38.5 Å². The molecule has 0 spiro atoms. The van der Waals surface area contributed by atoms with E-state index in [1.807, 2.05) is 0 Å². The SMILES string of the molecule is C1CN=C(NCC2CCCC3CC23)C1. The van der Waals surface area contributed by atoms with Crippen LogP contribution in [0, 0.1) is 17.8 Å². The molecule has 0 aromatic rings. The molecule has 0 aromatic heterocycles. The first-order valence-corrected chi connectivity index (χ1v) is 6.20. The first-order valence-electron chi connectivity index (χ1n) is 6.20. The smallest absolute Gasteiger partial charge is 0.0963 e. The average Bonchev–Trinajstić information content (AvgIpc) is 2.83. The Morgan fingerprint density at radius 1 is 1.29 bits per heavy atom. The first kappa shape index (κ1) is 8.75. The quantitative estimate of drug-likeness (QED) is 0.712. The Morgan fingerprint density at radius 3 is 3.14 bits per heavy atom. The molecule has 1 heterocycles. The number of hydrogen-bond donors (Lipinski definition) is 1. The molecule has 1 N–H and O–H groups in total. The lowest BCUT2D eigenvalue weighted by Crippen LogP contribution is -2.30. The highest BCUT2D eigenvalue weighted by molar-refractivity contribution is 5.83. The van der Waals surface area contributed by atoms with E-state index in [1.54, 1.807) is 0 Å². The van der Waals surface area contributed by atoms with E-state index in [-0.39, 0.29) is 0 Å². The van der Waals surface area contributed by atoms with E-state index in [4.69, 9.17) is 0 Å². The number of hydrogen-bond acceptors (Lipinski definition) is 2. The van der Waals surface area contributed by atoms with Crippen LogP contribution >= 0.6 is 0 Å². The fraction of sp³-hybridized carbons (Fsp3) is 0.917. The zero-order valence-electron chi connectivity index (χ0n) is 8.84. The van der Waals surface area contributed by atoms with Crippen molar-refractivity contribution in [3.8, 4) is 0 Å². The van der Waals surface area contributed by atoms with Gasteiger partial charge in [0.2, 0.25) is 0 Å². The number of rotatable bonds is 2. The van der Waals surface area contributed by atoms with Gasteiger partial charge < -0.3 is 5.32 Å². The molecule has 0 radical (unpaired) electrons. The number of aliphatic imine (C=N–C) groups is 1. The normalized spacial score (nSPS) is 40.3. The Bertz CT molecular complexity index is 247. The molecule has 0 aromatic carbocycles. The molecule has 0 amide bonds. The predicted octanol–water partition coefficient (Wildman–Crippen LogP) is 2.20. The molecule has 0 saturated heterocycles. The average molecular weight is 192 g/mol. The summed E-state index contributed by atoms with van der Waals surface area (Å²) in [7, 11) is 0. The predicted molar refractivity (Wildman–Crippen MR) is 58.5 cm³/mol. The van der Waals surface area contributed by atoms with Crippen molar-refractivity contribution >= 4 is 5.84 Å². The fourth-order valence-corrected chi connectivity index (χ4v) is 3.22. The van der Waals surface area contributed by atoms with Gasteiger partial charge in [-0.05, 0) is 37.0 Å². The zero-order chi connectivity index (χ0) is 9.38. The molecule has 3 rings (SSSR count). The first-order chi connectivity index (χ1) is 6.93.